The molecule has 0 aromatic heterocycles. The summed E-state index contributed by atoms with van der Waals surface area (Å²) in [5.41, 5.74) is 2.63. The zero-order valence-electron chi connectivity index (χ0n) is 14.0. The Hall–Kier alpha value is -2.32. The molecule has 3 aromatic carbocycles. The smallest absolute Gasteiger partial charge is 0.126 e. The molecule has 0 aliphatic heterocycles. The van der Waals surface area contributed by atoms with Gasteiger partial charge < -0.3 is 10.1 Å². The molecular weight excluding hydrogens is 294 g/mol. The number of benzene rings is 3. The van der Waals surface area contributed by atoms with Crippen LogP contribution in [0.2, 0.25) is 0 Å². The fourth-order valence-corrected chi connectivity index (χ4v) is 3.38. The van der Waals surface area contributed by atoms with Gasteiger partial charge in [-0.2, -0.15) is 0 Å². The van der Waals surface area contributed by atoms with Crippen LogP contribution in [0.15, 0.2) is 66.7 Å². The summed E-state index contributed by atoms with van der Waals surface area (Å²) < 4.78 is 5.56. The predicted octanol–water partition coefficient (Wildman–Crippen LogP) is 4.94. The van der Waals surface area contributed by atoms with Crippen molar-refractivity contribution < 1.29 is 4.74 Å². The Morgan fingerprint density at radius 2 is 1.62 bits per heavy atom. The topological polar surface area (TPSA) is 21.3 Å². The second-order valence-electron chi connectivity index (χ2n) is 6.60. The average molecular weight is 317 g/mol. The number of rotatable bonds is 6. The highest BCUT2D eigenvalue weighted by Gasteiger charge is 2.24. The lowest BCUT2D eigenvalue weighted by molar-refractivity contribution is 0.419. The normalized spacial score (nSPS) is 15.4. The predicted molar refractivity (Wildman–Crippen MR) is 99.5 cm³/mol. The van der Waals surface area contributed by atoms with E-state index in [0.29, 0.717) is 0 Å². The third-order valence-electron chi connectivity index (χ3n) is 4.89. The second kappa shape index (κ2) is 6.66. The lowest BCUT2D eigenvalue weighted by Gasteiger charge is -2.22. The van der Waals surface area contributed by atoms with Crippen LogP contribution in [0.1, 0.15) is 30.0 Å². The van der Waals surface area contributed by atoms with Crippen molar-refractivity contribution in [3.8, 4) is 5.75 Å². The van der Waals surface area contributed by atoms with Crippen LogP contribution < -0.4 is 10.1 Å². The number of fused-ring (bicyclic) bond motifs is 1. The summed E-state index contributed by atoms with van der Waals surface area (Å²) in [6.45, 7) is 1.08. The third-order valence-corrected chi connectivity index (χ3v) is 4.89. The fourth-order valence-electron chi connectivity index (χ4n) is 3.38. The molecule has 0 spiro atoms. The molecule has 122 valence electrons. The zero-order chi connectivity index (χ0) is 16.4. The quantitative estimate of drug-likeness (QED) is 0.695. The van der Waals surface area contributed by atoms with E-state index in [2.05, 4.69) is 72.0 Å². The number of hydrogen-bond acceptors (Lipinski definition) is 2. The van der Waals surface area contributed by atoms with Crippen molar-refractivity contribution in [2.24, 2.45) is 5.92 Å². The first-order valence-corrected chi connectivity index (χ1v) is 8.71. The molecule has 1 saturated carbocycles. The molecule has 2 heteroatoms. The lowest BCUT2D eigenvalue weighted by Crippen LogP contribution is -2.24. The molecule has 1 aliphatic rings. The van der Waals surface area contributed by atoms with Gasteiger partial charge in [0.25, 0.3) is 0 Å². The first-order chi connectivity index (χ1) is 11.9. The van der Waals surface area contributed by atoms with Gasteiger partial charge in [-0.1, -0.05) is 60.7 Å². The molecule has 1 atom stereocenters. The maximum Gasteiger partial charge on any atom is 0.126 e. The van der Waals surface area contributed by atoms with Crippen molar-refractivity contribution >= 4 is 10.8 Å². The number of ether oxygens (including phenoxy) is 1. The van der Waals surface area contributed by atoms with E-state index in [-0.39, 0.29) is 6.04 Å². The highest BCUT2D eigenvalue weighted by atomic mass is 16.5. The van der Waals surface area contributed by atoms with Crippen molar-refractivity contribution in [3.05, 3.63) is 77.9 Å². The molecule has 0 saturated heterocycles. The van der Waals surface area contributed by atoms with Gasteiger partial charge in [0.1, 0.15) is 5.75 Å². The van der Waals surface area contributed by atoms with E-state index in [1.165, 1.54) is 34.7 Å². The molecule has 1 unspecified atom stereocenters. The van der Waals surface area contributed by atoms with Gasteiger partial charge in [0.05, 0.1) is 13.2 Å². The minimum Gasteiger partial charge on any atom is -0.496 e. The van der Waals surface area contributed by atoms with Gasteiger partial charge >= 0.3 is 0 Å². The monoisotopic (exact) mass is 317 g/mol. The molecule has 2 nitrogen and oxygen atoms in total. The molecule has 0 heterocycles. The molecule has 4 rings (SSSR count). The largest absolute Gasteiger partial charge is 0.496 e. The standard InChI is InChI=1S/C22H23NO/c1-24-21-14-13-20(18-9-5-6-10-19(18)21)22(23-15-16-11-12-16)17-7-3-2-4-8-17/h2-10,13-14,16,22-23H,11-12,15H2,1H3. The van der Waals surface area contributed by atoms with Gasteiger partial charge in [-0.3, -0.25) is 0 Å². The summed E-state index contributed by atoms with van der Waals surface area (Å²) in [7, 11) is 1.74. The maximum atomic E-state index is 5.56. The van der Waals surface area contributed by atoms with Crippen LogP contribution in [0.3, 0.4) is 0 Å². The molecule has 3 aromatic rings. The van der Waals surface area contributed by atoms with Crippen LogP contribution in [0.25, 0.3) is 10.8 Å². The van der Waals surface area contributed by atoms with E-state index in [0.717, 1.165) is 18.2 Å². The lowest BCUT2D eigenvalue weighted by atomic mass is 9.93. The first-order valence-electron chi connectivity index (χ1n) is 8.71. The van der Waals surface area contributed by atoms with E-state index in [1.54, 1.807) is 7.11 Å². The molecule has 1 aliphatic carbocycles. The number of methoxy groups -OCH3 is 1. The molecule has 1 N–H and O–H groups in total. The summed E-state index contributed by atoms with van der Waals surface area (Å²) in [6, 6.07) is 23.8. The van der Waals surface area contributed by atoms with Crippen molar-refractivity contribution in [3.63, 3.8) is 0 Å². The summed E-state index contributed by atoms with van der Waals surface area (Å²) in [6.07, 6.45) is 2.72. The van der Waals surface area contributed by atoms with Crippen molar-refractivity contribution in [2.75, 3.05) is 13.7 Å². The van der Waals surface area contributed by atoms with Crippen LogP contribution in [0, 0.1) is 5.92 Å². The molecule has 24 heavy (non-hydrogen) atoms. The molecule has 0 radical (unpaired) electrons. The Labute approximate surface area is 143 Å². The van der Waals surface area contributed by atoms with Gasteiger partial charge in [-0.05, 0) is 47.9 Å². The molecule has 1 fully saturated rings. The van der Waals surface area contributed by atoms with Crippen molar-refractivity contribution in [2.45, 2.75) is 18.9 Å². The number of hydrogen-bond donors (Lipinski definition) is 1. The van der Waals surface area contributed by atoms with Crippen LogP contribution in [0.5, 0.6) is 5.75 Å². The minimum absolute atomic E-state index is 0.211. The van der Waals surface area contributed by atoms with Gasteiger partial charge in [0.15, 0.2) is 0 Å². The number of nitrogens with one attached hydrogen (secondary N) is 1. The SMILES string of the molecule is COc1ccc(C(NCC2CC2)c2ccccc2)c2ccccc12. The highest BCUT2D eigenvalue weighted by molar-refractivity contribution is 5.91. The third kappa shape index (κ3) is 3.02. The van der Waals surface area contributed by atoms with Crippen molar-refractivity contribution in [1.29, 1.82) is 0 Å². The Balaban J connectivity index is 1.81. The Morgan fingerprint density at radius 1 is 0.917 bits per heavy atom. The fraction of sp³-hybridized carbons (Fsp3) is 0.273. The van der Waals surface area contributed by atoms with Gasteiger partial charge in [0.2, 0.25) is 0 Å². The van der Waals surface area contributed by atoms with Gasteiger partial charge in [-0.15, -0.1) is 0 Å². The Bertz CT molecular complexity index is 824. The molecular formula is C22H23NO. The average Bonchev–Trinajstić information content (AvgIpc) is 3.47. The van der Waals surface area contributed by atoms with Crippen molar-refractivity contribution in [1.82, 2.24) is 5.32 Å². The van der Waals surface area contributed by atoms with Crippen LogP contribution in [-0.2, 0) is 0 Å². The Kier molecular flexibility index (Phi) is 4.22. The van der Waals surface area contributed by atoms with E-state index in [4.69, 9.17) is 4.74 Å². The minimum atomic E-state index is 0.211. The van der Waals surface area contributed by atoms with Crippen LogP contribution in [-0.4, -0.2) is 13.7 Å². The van der Waals surface area contributed by atoms with E-state index in [1.807, 2.05) is 0 Å². The van der Waals surface area contributed by atoms with E-state index >= 15 is 0 Å². The first kappa shape index (κ1) is 15.2. The highest BCUT2D eigenvalue weighted by Crippen LogP contribution is 2.35. The Morgan fingerprint density at radius 3 is 2.33 bits per heavy atom. The van der Waals surface area contributed by atoms with Crippen LogP contribution in [0.4, 0.5) is 0 Å². The summed E-state index contributed by atoms with van der Waals surface area (Å²) in [5, 5.41) is 6.23. The zero-order valence-corrected chi connectivity index (χ0v) is 14.0. The second-order valence-corrected chi connectivity index (χ2v) is 6.60. The van der Waals surface area contributed by atoms with E-state index < -0.39 is 0 Å². The summed E-state index contributed by atoms with van der Waals surface area (Å²) >= 11 is 0. The summed E-state index contributed by atoms with van der Waals surface area (Å²) in [5.74, 6) is 1.78. The summed E-state index contributed by atoms with van der Waals surface area (Å²) in [4.78, 5) is 0. The molecule has 0 amide bonds. The van der Waals surface area contributed by atoms with Gasteiger partial charge in [-0.25, -0.2) is 0 Å². The molecule has 0 bridgehead atoms. The maximum absolute atomic E-state index is 5.56. The van der Waals surface area contributed by atoms with E-state index in [9.17, 15) is 0 Å². The van der Waals surface area contributed by atoms with Gasteiger partial charge in [0, 0.05) is 5.39 Å². The van der Waals surface area contributed by atoms with Crippen LogP contribution >= 0.6 is 0 Å².